The maximum atomic E-state index is 12.9. The number of amides is 1. The number of benzene rings is 1. The number of likely N-dealkylation sites (tertiary alicyclic amines) is 1. The molecule has 3 N–H and O–H groups in total. The molecule has 1 amide bonds. The number of anilines is 2. The quantitative estimate of drug-likeness (QED) is 0.802. The average molecular weight is 345 g/mol. The molecule has 0 aromatic heterocycles. The zero-order valence-electron chi connectivity index (χ0n) is 13.9. The average Bonchev–Trinajstić information content (AvgIpc) is 2.86. The standard InChI is InChI=1S/C16H22F3N3O2/c1-15(2,3)24-14(23)22-8-7-10(9-22)21-12-6-4-5-11(13(12)20)16(17,18)19/h4-6,10,21H,7-9,20H2,1-3H3. The maximum absolute atomic E-state index is 12.9. The van der Waals surface area contributed by atoms with Crippen LogP contribution < -0.4 is 11.1 Å². The first-order chi connectivity index (χ1) is 11.0. The molecule has 1 aliphatic rings. The summed E-state index contributed by atoms with van der Waals surface area (Å²) in [6.45, 7) is 6.16. The maximum Gasteiger partial charge on any atom is 0.418 e. The summed E-state index contributed by atoms with van der Waals surface area (Å²) in [4.78, 5) is 13.5. The van der Waals surface area contributed by atoms with Gasteiger partial charge in [0.05, 0.1) is 16.9 Å². The SMILES string of the molecule is CC(C)(C)OC(=O)N1CCC(Nc2cccc(C(F)(F)F)c2N)C1. The van der Waals surface area contributed by atoms with E-state index >= 15 is 0 Å². The summed E-state index contributed by atoms with van der Waals surface area (Å²) in [6.07, 6.45) is -4.32. The fraction of sp³-hybridized carbons (Fsp3) is 0.562. The van der Waals surface area contributed by atoms with E-state index in [0.717, 1.165) is 6.07 Å². The Kier molecular flexibility index (Phi) is 4.87. The third-order valence-electron chi connectivity index (χ3n) is 3.61. The van der Waals surface area contributed by atoms with Gasteiger partial charge in [0, 0.05) is 19.1 Å². The molecular weight excluding hydrogens is 323 g/mol. The monoisotopic (exact) mass is 345 g/mol. The van der Waals surface area contributed by atoms with Crippen LogP contribution in [-0.2, 0) is 10.9 Å². The molecule has 1 heterocycles. The Morgan fingerprint density at radius 3 is 2.58 bits per heavy atom. The molecule has 0 radical (unpaired) electrons. The van der Waals surface area contributed by atoms with Crippen molar-refractivity contribution in [3.63, 3.8) is 0 Å². The zero-order valence-corrected chi connectivity index (χ0v) is 13.9. The lowest BCUT2D eigenvalue weighted by Gasteiger charge is -2.24. The number of alkyl halides is 3. The number of carbonyl (C=O) groups excluding carboxylic acids is 1. The molecule has 1 atom stereocenters. The van der Waals surface area contributed by atoms with E-state index < -0.39 is 23.4 Å². The molecule has 2 rings (SSSR count). The Morgan fingerprint density at radius 1 is 1.33 bits per heavy atom. The molecule has 0 aliphatic carbocycles. The molecule has 1 fully saturated rings. The normalized spacial score (nSPS) is 18.6. The highest BCUT2D eigenvalue weighted by Gasteiger charge is 2.34. The van der Waals surface area contributed by atoms with Crippen molar-refractivity contribution in [2.75, 3.05) is 24.1 Å². The largest absolute Gasteiger partial charge is 0.444 e. The second-order valence-corrected chi connectivity index (χ2v) is 6.82. The van der Waals surface area contributed by atoms with E-state index in [0.29, 0.717) is 19.5 Å². The van der Waals surface area contributed by atoms with E-state index in [2.05, 4.69) is 5.32 Å². The zero-order chi connectivity index (χ0) is 18.1. The third kappa shape index (κ3) is 4.46. The molecule has 1 saturated heterocycles. The van der Waals surface area contributed by atoms with Crippen molar-refractivity contribution in [1.29, 1.82) is 0 Å². The molecule has 1 aliphatic heterocycles. The summed E-state index contributed by atoms with van der Waals surface area (Å²) in [6, 6.07) is 3.58. The Bertz CT molecular complexity index is 612. The summed E-state index contributed by atoms with van der Waals surface area (Å²) in [7, 11) is 0. The summed E-state index contributed by atoms with van der Waals surface area (Å²) in [5.41, 5.74) is 4.07. The highest BCUT2D eigenvalue weighted by Crippen LogP contribution is 2.37. The first-order valence-corrected chi connectivity index (χ1v) is 7.67. The highest BCUT2D eigenvalue weighted by atomic mass is 19.4. The number of nitrogens with two attached hydrogens (primary N) is 1. The minimum Gasteiger partial charge on any atom is -0.444 e. The van der Waals surface area contributed by atoms with E-state index in [1.54, 1.807) is 20.8 Å². The molecule has 1 unspecified atom stereocenters. The number of nitrogen functional groups attached to an aromatic ring is 1. The number of hydrogen-bond acceptors (Lipinski definition) is 4. The fourth-order valence-corrected chi connectivity index (χ4v) is 2.53. The molecule has 8 heteroatoms. The van der Waals surface area contributed by atoms with Gasteiger partial charge in [0.2, 0.25) is 0 Å². The van der Waals surface area contributed by atoms with Crippen LogP contribution in [0.3, 0.4) is 0 Å². The minimum absolute atomic E-state index is 0.177. The molecule has 5 nitrogen and oxygen atoms in total. The van der Waals surface area contributed by atoms with Crippen molar-refractivity contribution >= 4 is 17.5 Å². The van der Waals surface area contributed by atoms with Crippen LogP contribution in [0.15, 0.2) is 18.2 Å². The van der Waals surface area contributed by atoms with E-state index in [1.807, 2.05) is 0 Å². The Hall–Kier alpha value is -2.12. The van der Waals surface area contributed by atoms with Gasteiger partial charge in [-0.2, -0.15) is 13.2 Å². The van der Waals surface area contributed by atoms with Crippen molar-refractivity contribution in [3.8, 4) is 0 Å². The first-order valence-electron chi connectivity index (χ1n) is 7.67. The number of halogens is 3. The minimum atomic E-state index is -4.50. The first kappa shape index (κ1) is 18.2. The molecule has 1 aromatic rings. The molecule has 0 spiro atoms. The summed E-state index contributed by atoms with van der Waals surface area (Å²) >= 11 is 0. The van der Waals surface area contributed by atoms with Crippen molar-refractivity contribution in [2.24, 2.45) is 0 Å². The van der Waals surface area contributed by atoms with Crippen LogP contribution in [0.5, 0.6) is 0 Å². The van der Waals surface area contributed by atoms with Gasteiger partial charge in [0.1, 0.15) is 5.60 Å². The molecule has 1 aromatic carbocycles. The molecule has 24 heavy (non-hydrogen) atoms. The summed E-state index contributed by atoms with van der Waals surface area (Å²) in [5.74, 6) is 0. The predicted molar refractivity (Wildman–Crippen MR) is 85.7 cm³/mol. The van der Waals surface area contributed by atoms with Crippen molar-refractivity contribution < 1.29 is 22.7 Å². The number of nitrogens with one attached hydrogen (secondary N) is 1. The smallest absolute Gasteiger partial charge is 0.418 e. The molecule has 0 saturated carbocycles. The van der Waals surface area contributed by atoms with Crippen LogP contribution >= 0.6 is 0 Å². The van der Waals surface area contributed by atoms with E-state index in [1.165, 1.54) is 17.0 Å². The van der Waals surface area contributed by atoms with Gasteiger partial charge in [-0.05, 0) is 39.3 Å². The van der Waals surface area contributed by atoms with E-state index in [4.69, 9.17) is 10.5 Å². The number of nitrogens with zero attached hydrogens (tertiary/aromatic N) is 1. The van der Waals surface area contributed by atoms with Crippen molar-refractivity contribution in [2.45, 2.75) is 45.0 Å². The molecule has 134 valence electrons. The van der Waals surface area contributed by atoms with Gasteiger partial charge in [-0.25, -0.2) is 4.79 Å². The highest BCUT2D eigenvalue weighted by molar-refractivity contribution is 5.72. The lowest BCUT2D eigenvalue weighted by atomic mass is 10.1. The van der Waals surface area contributed by atoms with Crippen LogP contribution in [0, 0.1) is 0 Å². The lowest BCUT2D eigenvalue weighted by molar-refractivity contribution is -0.136. The van der Waals surface area contributed by atoms with E-state index in [-0.39, 0.29) is 17.4 Å². The Balaban J connectivity index is 2.03. The van der Waals surface area contributed by atoms with Crippen molar-refractivity contribution in [1.82, 2.24) is 4.90 Å². The van der Waals surface area contributed by atoms with Gasteiger partial charge >= 0.3 is 12.3 Å². The number of rotatable bonds is 2. The summed E-state index contributed by atoms with van der Waals surface area (Å²) < 4.78 is 44.0. The van der Waals surface area contributed by atoms with Gasteiger partial charge in [0.15, 0.2) is 0 Å². The van der Waals surface area contributed by atoms with Crippen molar-refractivity contribution in [3.05, 3.63) is 23.8 Å². The number of para-hydroxylation sites is 1. The van der Waals surface area contributed by atoms with E-state index in [9.17, 15) is 18.0 Å². The predicted octanol–water partition coefficient (Wildman–Crippen LogP) is 3.71. The van der Waals surface area contributed by atoms with Gasteiger partial charge in [-0.15, -0.1) is 0 Å². The number of ether oxygens (including phenoxy) is 1. The Morgan fingerprint density at radius 2 is 2.00 bits per heavy atom. The summed E-state index contributed by atoms with van der Waals surface area (Å²) in [5, 5.41) is 2.99. The Labute approximate surface area is 138 Å². The van der Waals surface area contributed by atoms with Crippen LogP contribution in [0.25, 0.3) is 0 Å². The second kappa shape index (κ2) is 6.41. The molecular formula is C16H22F3N3O2. The van der Waals surface area contributed by atoms with Gasteiger partial charge < -0.3 is 20.7 Å². The molecule has 0 bridgehead atoms. The fourth-order valence-electron chi connectivity index (χ4n) is 2.53. The lowest BCUT2D eigenvalue weighted by Crippen LogP contribution is -2.36. The van der Waals surface area contributed by atoms with Crippen LogP contribution in [0.1, 0.15) is 32.8 Å². The second-order valence-electron chi connectivity index (χ2n) is 6.82. The number of carbonyl (C=O) groups is 1. The number of hydrogen-bond donors (Lipinski definition) is 2. The third-order valence-corrected chi connectivity index (χ3v) is 3.61. The topological polar surface area (TPSA) is 67.6 Å². The van der Waals surface area contributed by atoms with Crippen LogP contribution in [0.2, 0.25) is 0 Å². The van der Waals surface area contributed by atoms with Crippen LogP contribution in [0.4, 0.5) is 29.3 Å². The van der Waals surface area contributed by atoms with Gasteiger partial charge in [-0.3, -0.25) is 0 Å². The van der Waals surface area contributed by atoms with Crippen LogP contribution in [-0.4, -0.2) is 35.7 Å². The van der Waals surface area contributed by atoms with Gasteiger partial charge in [-0.1, -0.05) is 6.07 Å². The van der Waals surface area contributed by atoms with Gasteiger partial charge in [0.25, 0.3) is 0 Å².